The molecule has 2 aliphatic heterocycles. The number of aliphatic hydroxyl groups excluding tert-OH is 2. The van der Waals surface area contributed by atoms with Crippen LogP contribution >= 0.6 is 0 Å². The summed E-state index contributed by atoms with van der Waals surface area (Å²) in [6.45, 7) is 6.66. The Balaban J connectivity index is 1.54. The third-order valence-electron chi connectivity index (χ3n) is 6.57. The Hall–Kier alpha value is -0.240. The van der Waals surface area contributed by atoms with Crippen LogP contribution in [0.3, 0.4) is 0 Å². The van der Waals surface area contributed by atoms with Gasteiger partial charge in [0.2, 0.25) is 0 Å². The summed E-state index contributed by atoms with van der Waals surface area (Å²) in [4.78, 5) is 0. The fourth-order valence-electron chi connectivity index (χ4n) is 4.58. The predicted molar refractivity (Wildman–Crippen MR) is 96.6 cm³/mol. The Labute approximate surface area is 157 Å². The highest BCUT2D eigenvalue weighted by molar-refractivity contribution is 4.94. The van der Waals surface area contributed by atoms with Crippen LogP contribution in [0.1, 0.15) is 65.2 Å². The summed E-state index contributed by atoms with van der Waals surface area (Å²) in [5.74, 6) is -1.11. The van der Waals surface area contributed by atoms with Crippen molar-refractivity contribution in [1.82, 2.24) is 0 Å². The normalized spacial score (nSPS) is 43.8. The number of hydrogen-bond donors (Lipinski definition) is 2. The van der Waals surface area contributed by atoms with E-state index >= 15 is 0 Å². The van der Waals surface area contributed by atoms with E-state index in [2.05, 4.69) is 13.8 Å². The van der Waals surface area contributed by atoms with Gasteiger partial charge in [0, 0.05) is 36.5 Å². The molecule has 0 unspecified atom stereocenters. The first kappa shape index (κ1) is 20.5. The van der Waals surface area contributed by atoms with E-state index in [-0.39, 0.29) is 24.0 Å². The van der Waals surface area contributed by atoms with E-state index in [4.69, 9.17) is 18.9 Å². The maximum atomic E-state index is 9.75. The second-order valence-electron chi connectivity index (χ2n) is 8.79. The van der Waals surface area contributed by atoms with Gasteiger partial charge in [-0.05, 0) is 12.8 Å². The molecule has 0 atom stereocenters. The SMILES string of the molecule is CCCC1(CO)COC2(CCC3(CC2)OCC(CO)(CCC)CO3)OC1. The van der Waals surface area contributed by atoms with Gasteiger partial charge in [0.05, 0.1) is 39.6 Å². The molecular formula is C20H36O6. The third-order valence-corrected chi connectivity index (χ3v) is 6.57. The van der Waals surface area contributed by atoms with Gasteiger partial charge in [-0.1, -0.05) is 26.7 Å². The largest absolute Gasteiger partial charge is 0.396 e. The zero-order valence-corrected chi connectivity index (χ0v) is 16.4. The maximum absolute atomic E-state index is 9.75. The van der Waals surface area contributed by atoms with Crippen LogP contribution in [-0.4, -0.2) is 61.4 Å². The van der Waals surface area contributed by atoms with Crippen LogP contribution < -0.4 is 0 Å². The van der Waals surface area contributed by atoms with Crippen molar-refractivity contribution in [3.8, 4) is 0 Å². The quantitative estimate of drug-likeness (QED) is 0.746. The molecule has 0 radical (unpaired) electrons. The highest BCUT2D eigenvalue weighted by Crippen LogP contribution is 2.47. The molecule has 3 rings (SSSR count). The Morgan fingerprint density at radius 3 is 1.15 bits per heavy atom. The minimum Gasteiger partial charge on any atom is -0.396 e. The first-order chi connectivity index (χ1) is 12.5. The van der Waals surface area contributed by atoms with Gasteiger partial charge in [-0.3, -0.25) is 0 Å². The van der Waals surface area contributed by atoms with E-state index in [9.17, 15) is 10.2 Å². The molecule has 0 aromatic carbocycles. The van der Waals surface area contributed by atoms with Crippen LogP contribution in [0.15, 0.2) is 0 Å². The fourth-order valence-corrected chi connectivity index (χ4v) is 4.58. The van der Waals surface area contributed by atoms with Crippen molar-refractivity contribution in [3.63, 3.8) is 0 Å². The van der Waals surface area contributed by atoms with Gasteiger partial charge >= 0.3 is 0 Å². The van der Waals surface area contributed by atoms with E-state index in [1.807, 2.05) is 0 Å². The minimum atomic E-state index is -0.556. The molecule has 0 aromatic heterocycles. The van der Waals surface area contributed by atoms with E-state index in [1.165, 1.54) is 0 Å². The van der Waals surface area contributed by atoms with E-state index in [0.717, 1.165) is 51.4 Å². The smallest absolute Gasteiger partial charge is 0.168 e. The zero-order valence-electron chi connectivity index (χ0n) is 16.4. The fraction of sp³-hybridized carbons (Fsp3) is 1.00. The maximum Gasteiger partial charge on any atom is 0.168 e. The third kappa shape index (κ3) is 3.96. The van der Waals surface area contributed by atoms with Crippen molar-refractivity contribution in [3.05, 3.63) is 0 Å². The molecular weight excluding hydrogens is 336 g/mol. The average Bonchev–Trinajstić information content (AvgIpc) is 2.69. The number of aliphatic hydroxyl groups is 2. The molecule has 0 bridgehead atoms. The van der Waals surface area contributed by atoms with E-state index in [0.29, 0.717) is 26.4 Å². The molecule has 6 nitrogen and oxygen atoms in total. The second-order valence-corrected chi connectivity index (χ2v) is 8.79. The highest BCUT2D eigenvalue weighted by Gasteiger charge is 2.53. The van der Waals surface area contributed by atoms with Gasteiger partial charge < -0.3 is 29.2 Å². The predicted octanol–water partition coefficient (Wildman–Crippen LogP) is 2.60. The van der Waals surface area contributed by atoms with Gasteiger partial charge in [-0.2, -0.15) is 0 Å². The first-order valence-corrected chi connectivity index (χ1v) is 10.3. The molecule has 152 valence electrons. The molecule has 2 spiro atoms. The Morgan fingerprint density at radius 1 is 0.615 bits per heavy atom. The molecule has 0 amide bonds. The summed E-state index contributed by atoms with van der Waals surface area (Å²) < 4.78 is 24.7. The van der Waals surface area contributed by atoms with Crippen LogP contribution in [0, 0.1) is 10.8 Å². The molecule has 2 heterocycles. The number of hydrogen-bond acceptors (Lipinski definition) is 6. The van der Waals surface area contributed by atoms with E-state index < -0.39 is 11.6 Å². The second kappa shape index (κ2) is 8.02. The minimum absolute atomic E-state index is 0.105. The van der Waals surface area contributed by atoms with Gasteiger partial charge in [-0.25, -0.2) is 0 Å². The molecule has 0 aromatic rings. The summed E-state index contributed by atoms with van der Waals surface area (Å²) in [7, 11) is 0. The van der Waals surface area contributed by atoms with Crippen molar-refractivity contribution < 1.29 is 29.2 Å². The van der Waals surface area contributed by atoms with Crippen LogP contribution in [0.4, 0.5) is 0 Å². The van der Waals surface area contributed by atoms with Crippen LogP contribution in [-0.2, 0) is 18.9 Å². The Bertz CT molecular complexity index is 395. The molecule has 2 saturated heterocycles. The average molecular weight is 373 g/mol. The lowest BCUT2D eigenvalue weighted by Gasteiger charge is -2.53. The Kier molecular flexibility index (Phi) is 6.32. The van der Waals surface area contributed by atoms with Crippen molar-refractivity contribution >= 4 is 0 Å². The summed E-state index contributed by atoms with van der Waals surface area (Å²) in [6, 6.07) is 0. The van der Waals surface area contributed by atoms with Gasteiger partial charge in [0.25, 0.3) is 0 Å². The molecule has 26 heavy (non-hydrogen) atoms. The molecule has 2 N–H and O–H groups in total. The highest BCUT2D eigenvalue weighted by atomic mass is 16.7. The lowest BCUT2D eigenvalue weighted by molar-refractivity contribution is -0.371. The lowest BCUT2D eigenvalue weighted by atomic mass is 9.81. The summed E-state index contributed by atoms with van der Waals surface area (Å²) in [5, 5.41) is 19.5. The van der Waals surface area contributed by atoms with Crippen molar-refractivity contribution in [2.24, 2.45) is 10.8 Å². The van der Waals surface area contributed by atoms with Crippen LogP contribution in [0.2, 0.25) is 0 Å². The Morgan fingerprint density at radius 2 is 0.923 bits per heavy atom. The topological polar surface area (TPSA) is 77.4 Å². The monoisotopic (exact) mass is 372 g/mol. The number of ether oxygens (including phenoxy) is 4. The molecule has 3 aliphatic rings. The molecule has 6 heteroatoms. The van der Waals surface area contributed by atoms with E-state index in [1.54, 1.807) is 0 Å². The van der Waals surface area contributed by atoms with Crippen molar-refractivity contribution in [2.75, 3.05) is 39.6 Å². The summed E-state index contributed by atoms with van der Waals surface area (Å²) in [6.07, 6.45) is 6.79. The van der Waals surface area contributed by atoms with Gasteiger partial charge in [-0.15, -0.1) is 0 Å². The molecule has 1 aliphatic carbocycles. The molecule has 3 fully saturated rings. The van der Waals surface area contributed by atoms with Crippen molar-refractivity contribution in [1.29, 1.82) is 0 Å². The summed E-state index contributed by atoms with van der Waals surface area (Å²) in [5.41, 5.74) is -0.512. The van der Waals surface area contributed by atoms with Crippen molar-refractivity contribution in [2.45, 2.75) is 76.8 Å². The van der Waals surface area contributed by atoms with Gasteiger partial charge in [0.1, 0.15) is 0 Å². The number of rotatable bonds is 6. The lowest BCUT2D eigenvalue weighted by Crippen LogP contribution is -2.58. The zero-order chi connectivity index (χ0) is 18.7. The van der Waals surface area contributed by atoms with Crippen LogP contribution in [0.25, 0.3) is 0 Å². The van der Waals surface area contributed by atoms with Crippen LogP contribution in [0.5, 0.6) is 0 Å². The van der Waals surface area contributed by atoms with Gasteiger partial charge in [0.15, 0.2) is 11.6 Å². The standard InChI is InChI=1S/C20H36O6/c1-3-5-17(11-21)13-23-19(24-14-17)7-9-20(10-8-19)25-15-18(12-22,6-4-2)16-26-20/h21-22H,3-16H2,1-2H3. The first-order valence-electron chi connectivity index (χ1n) is 10.3. The summed E-state index contributed by atoms with van der Waals surface area (Å²) >= 11 is 0. The molecule has 1 saturated carbocycles.